The van der Waals surface area contributed by atoms with E-state index in [0.717, 1.165) is 0 Å². The van der Waals surface area contributed by atoms with Crippen molar-refractivity contribution >= 4 is 40.2 Å². The molecular formula is C8H5ClF2INO2. The van der Waals surface area contributed by atoms with Gasteiger partial charge in [0.1, 0.15) is 11.3 Å². The van der Waals surface area contributed by atoms with Crippen molar-refractivity contribution < 1.29 is 18.7 Å². The van der Waals surface area contributed by atoms with Crippen molar-refractivity contribution in [2.45, 2.75) is 12.3 Å². The number of halogens is 4. The van der Waals surface area contributed by atoms with Gasteiger partial charge in [0.2, 0.25) is 0 Å². The Morgan fingerprint density at radius 2 is 2.27 bits per heavy atom. The number of aromatic nitrogens is 1. The molecule has 1 N–H and O–H groups in total. The summed E-state index contributed by atoms with van der Waals surface area (Å²) in [6, 6.07) is 0. The maximum Gasteiger partial charge on any atom is 0.338 e. The second-order valence-electron chi connectivity index (χ2n) is 2.60. The normalized spacial score (nSPS) is 10.7. The van der Waals surface area contributed by atoms with E-state index in [2.05, 4.69) is 4.98 Å². The molecule has 1 heterocycles. The smallest absolute Gasteiger partial charge is 0.338 e. The van der Waals surface area contributed by atoms with Crippen molar-refractivity contribution in [2.24, 2.45) is 0 Å². The minimum Gasteiger partial charge on any atom is -0.478 e. The molecule has 1 aromatic rings. The van der Waals surface area contributed by atoms with Gasteiger partial charge in [0.15, 0.2) is 0 Å². The number of hydrogen-bond acceptors (Lipinski definition) is 2. The lowest BCUT2D eigenvalue weighted by molar-refractivity contribution is 0.0680. The predicted octanol–water partition coefficient (Wildman–Crippen LogP) is 3.06. The van der Waals surface area contributed by atoms with E-state index in [1.807, 2.05) is 0 Å². The Hall–Kier alpha value is -0.500. The fourth-order valence-corrected chi connectivity index (χ4v) is 2.27. The Bertz CT molecular complexity index is 400. The molecule has 3 nitrogen and oxygen atoms in total. The maximum atomic E-state index is 12.4. The van der Waals surface area contributed by atoms with Crippen LogP contribution in [0.5, 0.6) is 0 Å². The highest BCUT2D eigenvalue weighted by molar-refractivity contribution is 14.1. The van der Waals surface area contributed by atoms with E-state index in [9.17, 15) is 13.6 Å². The lowest BCUT2D eigenvalue weighted by Gasteiger charge is -2.08. The van der Waals surface area contributed by atoms with E-state index in [4.69, 9.17) is 16.7 Å². The molecule has 0 aliphatic rings. The van der Waals surface area contributed by atoms with Crippen LogP contribution < -0.4 is 0 Å². The SMILES string of the molecule is O=C(O)c1c(C(F)F)ncc(CCl)c1I. The summed E-state index contributed by atoms with van der Waals surface area (Å²) in [6.07, 6.45) is -1.74. The van der Waals surface area contributed by atoms with Crippen molar-refractivity contribution in [1.82, 2.24) is 4.98 Å². The molecule has 0 atom stereocenters. The van der Waals surface area contributed by atoms with E-state index in [0.29, 0.717) is 5.56 Å². The average molecular weight is 347 g/mol. The molecule has 0 aliphatic carbocycles. The topological polar surface area (TPSA) is 50.2 Å². The number of alkyl halides is 3. The lowest BCUT2D eigenvalue weighted by atomic mass is 10.1. The van der Waals surface area contributed by atoms with Crippen molar-refractivity contribution in [2.75, 3.05) is 0 Å². The van der Waals surface area contributed by atoms with Gasteiger partial charge in [-0.3, -0.25) is 4.98 Å². The van der Waals surface area contributed by atoms with Gasteiger partial charge in [-0.05, 0) is 28.2 Å². The number of carbonyl (C=O) groups is 1. The molecule has 0 bridgehead atoms. The zero-order valence-electron chi connectivity index (χ0n) is 7.18. The number of nitrogens with zero attached hydrogens (tertiary/aromatic N) is 1. The van der Waals surface area contributed by atoms with Crippen LogP contribution in [0.25, 0.3) is 0 Å². The average Bonchev–Trinajstić information content (AvgIpc) is 2.16. The van der Waals surface area contributed by atoms with Gasteiger partial charge < -0.3 is 5.11 Å². The highest BCUT2D eigenvalue weighted by atomic mass is 127. The van der Waals surface area contributed by atoms with Crippen LogP contribution in [-0.4, -0.2) is 16.1 Å². The predicted molar refractivity (Wildman–Crippen MR) is 58.4 cm³/mol. The Morgan fingerprint density at radius 1 is 1.67 bits per heavy atom. The van der Waals surface area contributed by atoms with Crippen LogP contribution >= 0.6 is 34.2 Å². The highest BCUT2D eigenvalue weighted by Gasteiger charge is 2.24. The van der Waals surface area contributed by atoms with Crippen LogP contribution in [-0.2, 0) is 5.88 Å². The van der Waals surface area contributed by atoms with Crippen molar-refractivity contribution in [1.29, 1.82) is 0 Å². The fraction of sp³-hybridized carbons (Fsp3) is 0.250. The van der Waals surface area contributed by atoms with Crippen molar-refractivity contribution in [3.63, 3.8) is 0 Å². The summed E-state index contributed by atoms with van der Waals surface area (Å²) in [5, 5.41) is 8.79. The first kappa shape index (κ1) is 12.6. The summed E-state index contributed by atoms with van der Waals surface area (Å²) in [5.74, 6) is -1.39. The van der Waals surface area contributed by atoms with E-state index in [-0.39, 0.29) is 9.45 Å². The van der Waals surface area contributed by atoms with Gasteiger partial charge >= 0.3 is 5.97 Å². The molecule has 0 spiro atoms. The van der Waals surface area contributed by atoms with Gasteiger partial charge in [0.05, 0.1) is 0 Å². The molecule has 1 rings (SSSR count). The molecule has 15 heavy (non-hydrogen) atoms. The molecule has 0 fully saturated rings. The number of carboxylic acids is 1. The standard InChI is InChI=1S/C8H5ClF2INO2/c9-1-3-2-13-6(7(10)11)4(5(3)12)8(14)15/h2,7H,1H2,(H,14,15). The van der Waals surface area contributed by atoms with Crippen LogP contribution in [0.3, 0.4) is 0 Å². The Kier molecular flexibility index (Phi) is 4.21. The fourth-order valence-electron chi connectivity index (χ4n) is 1.00. The second-order valence-corrected chi connectivity index (χ2v) is 3.94. The Labute approximate surface area is 103 Å². The van der Waals surface area contributed by atoms with Crippen LogP contribution in [0.4, 0.5) is 8.78 Å². The molecule has 0 amide bonds. The third kappa shape index (κ3) is 2.54. The third-order valence-electron chi connectivity index (χ3n) is 1.68. The summed E-state index contributed by atoms with van der Waals surface area (Å²) in [6.45, 7) is 0. The summed E-state index contributed by atoms with van der Waals surface area (Å²) in [7, 11) is 0. The summed E-state index contributed by atoms with van der Waals surface area (Å²) >= 11 is 7.19. The quantitative estimate of drug-likeness (QED) is 0.675. The first-order valence-corrected chi connectivity index (χ1v) is 5.35. The number of rotatable bonds is 3. The van der Waals surface area contributed by atoms with Gasteiger partial charge in [0, 0.05) is 15.6 Å². The lowest BCUT2D eigenvalue weighted by Crippen LogP contribution is -2.10. The zero-order chi connectivity index (χ0) is 11.6. The first-order chi connectivity index (χ1) is 6.99. The molecule has 7 heteroatoms. The van der Waals surface area contributed by atoms with Crippen LogP contribution in [0.15, 0.2) is 6.20 Å². The monoisotopic (exact) mass is 347 g/mol. The molecule has 1 aromatic heterocycles. The Balaban J connectivity index is 3.44. The first-order valence-electron chi connectivity index (χ1n) is 3.73. The molecule has 82 valence electrons. The molecule has 0 saturated carbocycles. The van der Waals surface area contributed by atoms with Gasteiger partial charge in [-0.2, -0.15) is 0 Å². The minimum absolute atomic E-state index is 0.0368. The maximum absolute atomic E-state index is 12.4. The molecule has 0 radical (unpaired) electrons. The molecule has 0 unspecified atom stereocenters. The molecular weight excluding hydrogens is 342 g/mol. The largest absolute Gasteiger partial charge is 0.478 e. The molecule has 0 aromatic carbocycles. The van der Waals surface area contributed by atoms with Crippen LogP contribution in [0.2, 0.25) is 0 Å². The molecule has 0 saturated heterocycles. The number of carboxylic acid groups (broad SMARTS) is 1. The molecule has 0 aliphatic heterocycles. The van der Waals surface area contributed by atoms with Gasteiger partial charge in [-0.15, -0.1) is 11.6 Å². The second kappa shape index (κ2) is 5.02. The van der Waals surface area contributed by atoms with Gasteiger partial charge in [-0.25, -0.2) is 13.6 Å². The van der Waals surface area contributed by atoms with Crippen LogP contribution in [0, 0.1) is 3.57 Å². The summed E-state index contributed by atoms with van der Waals surface area (Å²) in [5.41, 5.74) is -0.761. The van der Waals surface area contributed by atoms with E-state index < -0.39 is 23.7 Å². The van der Waals surface area contributed by atoms with E-state index in [1.54, 1.807) is 22.6 Å². The van der Waals surface area contributed by atoms with Crippen molar-refractivity contribution in [3.05, 3.63) is 26.6 Å². The zero-order valence-corrected chi connectivity index (χ0v) is 10.1. The van der Waals surface area contributed by atoms with Gasteiger partial charge in [0.25, 0.3) is 6.43 Å². The number of aromatic carboxylic acids is 1. The number of pyridine rings is 1. The summed E-state index contributed by atoms with van der Waals surface area (Å²) in [4.78, 5) is 14.2. The Morgan fingerprint density at radius 3 is 2.67 bits per heavy atom. The number of hydrogen-bond donors (Lipinski definition) is 1. The van der Waals surface area contributed by atoms with Crippen LogP contribution in [0.1, 0.15) is 28.0 Å². The highest BCUT2D eigenvalue weighted by Crippen LogP contribution is 2.27. The third-order valence-corrected chi connectivity index (χ3v) is 3.20. The van der Waals surface area contributed by atoms with E-state index in [1.165, 1.54) is 6.20 Å². The van der Waals surface area contributed by atoms with Gasteiger partial charge in [-0.1, -0.05) is 0 Å². The minimum atomic E-state index is -2.91. The summed E-state index contributed by atoms with van der Waals surface area (Å²) < 4.78 is 25.1. The van der Waals surface area contributed by atoms with E-state index >= 15 is 0 Å². The van der Waals surface area contributed by atoms with Crippen molar-refractivity contribution in [3.8, 4) is 0 Å².